The average molecular weight is 262 g/mol. The average Bonchev–Trinajstić information content (AvgIpc) is 3.25. The number of nitrogens with one attached hydrogen (secondary N) is 3. The van der Waals surface area contributed by atoms with Crippen molar-refractivity contribution in [2.24, 2.45) is 5.84 Å². The van der Waals surface area contributed by atoms with Crippen molar-refractivity contribution in [1.29, 1.82) is 0 Å². The highest BCUT2D eigenvalue weighted by Gasteiger charge is 2.27. The summed E-state index contributed by atoms with van der Waals surface area (Å²) in [6.07, 6.45) is 3.67. The Balaban J connectivity index is 1.72. The maximum atomic E-state index is 11.1. The minimum absolute atomic E-state index is 0.115. The monoisotopic (exact) mass is 262 g/mol. The molecule has 7 heteroatoms. The van der Waals surface area contributed by atoms with Gasteiger partial charge in [0.1, 0.15) is 17.5 Å². The lowest BCUT2D eigenvalue weighted by atomic mass is 10.1. The lowest BCUT2D eigenvalue weighted by molar-refractivity contribution is -0.122. The number of nitrogens with zero attached hydrogens (tertiary/aromatic N) is 2. The fourth-order valence-corrected chi connectivity index (χ4v) is 2.20. The minimum Gasteiger partial charge on any atom is -0.365 e. The molecule has 2 heterocycles. The van der Waals surface area contributed by atoms with E-state index in [9.17, 15) is 4.79 Å². The van der Waals surface area contributed by atoms with Gasteiger partial charge < -0.3 is 16.1 Å². The van der Waals surface area contributed by atoms with Crippen molar-refractivity contribution in [3.8, 4) is 0 Å². The predicted octanol–water partition coefficient (Wildman–Crippen LogP) is 0.330. The Morgan fingerprint density at radius 2 is 2.05 bits per heavy atom. The number of hydrogen-bond donors (Lipinski definition) is 4. The molecule has 0 bridgehead atoms. The number of nitrogen functional groups attached to an aromatic ring is 1. The van der Waals surface area contributed by atoms with E-state index in [0.717, 1.165) is 30.9 Å². The molecule has 1 aromatic heterocycles. The second-order valence-corrected chi connectivity index (χ2v) is 5.10. The van der Waals surface area contributed by atoms with Gasteiger partial charge in [-0.3, -0.25) is 4.79 Å². The Kier molecular flexibility index (Phi) is 3.20. The van der Waals surface area contributed by atoms with Crippen LogP contribution in [0.2, 0.25) is 0 Å². The molecule has 0 aromatic carbocycles. The van der Waals surface area contributed by atoms with Crippen molar-refractivity contribution in [3.05, 3.63) is 11.9 Å². The number of anilines is 2. The van der Waals surface area contributed by atoms with Gasteiger partial charge in [-0.2, -0.15) is 0 Å². The number of nitrogens with two attached hydrogens (primary N) is 1. The van der Waals surface area contributed by atoms with E-state index in [1.54, 1.807) is 6.07 Å². The highest BCUT2D eigenvalue weighted by molar-refractivity contribution is 5.77. The molecular formula is C12H18N6O. The van der Waals surface area contributed by atoms with Crippen molar-refractivity contribution in [3.63, 3.8) is 0 Å². The largest absolute Gasteiger partial charge is 0.365 e. The molecule has 7 nitrogen and oxygen atoms in total. The molecule has 3 rings (SSSR count). The van der Waals surface area contributed by atoms with Gasteiger partial charge in [0.2, 0.25) is 5.91 Å². The van der Waals surface area contributed by atoms with Crippen LogP contribution in [0.3, 0.4) is 0 Å². The van der Waals surface area contributed by atoms with Crippen molar-refractivity contribution in [1.82, 2.24) is 15.3 Å². The second-order valence-electron chi connectivity index (χ2n) is 5.10. The molecule has 2 aliphatic rings. The minimum atomic E-state index is 0.115. The highest BCUT2D eigenvalue weighted by atomic mass is 16.1. The Morgan fingerprint density at radius 1 is 1.26 bits per heavy atom. The van der Waals surface area contributed by atoms with Crippen LogP contribution < -0.4 is 21.9 Å². The molecule has 1 aliphatic heterocycles. The summed E-state index contributed by atoms with van der Waals surface area (Å²) in [6, 6.07) is 2.01. The van der Waals surface area contributed by atoms with Gasteiger partial charge in [-0.25, -0.2) is 15.8 Å². The van der Waals surface area contributed by atoms with Crippen LogP contribution in [0.15, 0.2) is 6.07 Å². The van der Waals surface area contributed by atoms with E-state index in [0.29, 0.717) is 24.7 Å². The van der Waals surface area contributed by atoms with Gasteiger partial charge in [-0.15, -0.1) is 0 Å². The first-order valence-corrected chi connectivity index (χ1v) is 6.63. The number of hydrogen-bond acceptors (Lipinski definition) is 6. The van der Waals surface area contributed by atoms with E-state index >= 15 is 0 Å². The van der Waals surface area contributed by atoms with Gasteiger partial charge in [0.15, 0.2) is 0 Å². The van der Waals surface area contributed by atoms with Gasteiger partial charge in [0.25, 0.3) is 0 Å². The maximum Gasteiger partial charge on any atom is 0.220 e. The van der Waals surface area contributed by atoms with E-state index in [-0.39, 0.29) is 11.9 Å². The van der Waals surface area contributed by atoms with Crippen LogP contribution in [0.5, 0.6) is 0 Å². The molecule has 1 atom stereocenters. The van der Waals surface area contributed by atoms with Gasteiger partial charge >= 0.3 is 0 Å². The lowest BCUT2D eigenvalue weighted by Crippen LogP contribution is -2.42. The molecule has 2 fully saturated rings. The van der Waals surface area contributed by atoms with E-state index in [1.165, 1.54) is 0 Å². The third kappa shape index (κ3) is 2.93. The van der Waals surface area contributed by atoms with Crippen LogP contribution in [0.4, 0.5) is 11.6 Å². The number of aromatic nitrogens is 2. The standard InChI is InChI=1S/C12H18N6O/c13-18-10-5-9(16-12(17-10)7-1-2-7)15-8-3-4-11(19)14-6-8/h5,7-8H,1-4,6,13H2,(H,14,19)(H2,15,16,17,18). The fourth-order valence-electron chi connectivity index (χ4n) is 2.20. The molecule has 1 saturated carbocycles. The Hall–Kier alpha value is -1.89. The molecular weight excluding hydrogens is 244 g/mol. The summed E-state index contributed by atoms with van der Waals surface area (Å²) in [7, 11) is 0. The highest BCUT2D eigenvalue weighted by Crippen LogP contribution is 2.38. The molecule has 1 amide bonds. The van der Waals surface area contributed by atoms with Crippen LogP contribution in [-0.4, -0.2) is 28.5 Å². The zero-order valence-corrected chi connectivity index (χ0v) is 10.6. The van der Waals surface area contributed by atoms with Crippen LogP contribution in [-0.2, 0) is 4.79 Å². The van der Waals surface area contributed by atoms with Gasteiger partial charge in [0, 0.05) is 31.0 Å². The summed E-state index contributed by atoms with van der Waals surface area (Å²) in [5.74, 6) is 8.26. The quantitative estimate of drug-likeness (QED) is 0.460. The van der Waals surface area contributed by atoms with E-state index in [2.05, 4.69) is 26.0 Å². The molecule has 0 radical (unpaired) electrons. The lowest BCUT2D eigenvalue weighted by Gasteiger charge is -2.24. The molecule has 1 aromatic rings. The van der Waals surface area contributed by atoms with Gasteiger partial charge in [-0.05, 0) is 19.3 Å². The zero-order valence-electron chi connectivity index (χ0n) is 10.6. The molecule has 1 saturated heterocycles. The first kappa shape index (κ1) is 12.2. The first-order valence-electron chi connectivity index (χ1n) is 6.63. The number of amides is 1. The fraction of sp³-hybridized carbons (Fsp3) is 0.583. The SMILES string of the molecule is NNc1cc(NC2CCC(=O)NC2)nc(C2CC2)n1. The molecule has 0 spiro atoms. The Bertz CT molecular complexity index is 477. The summed E-state index contributed by atoms with van der Waals surface area (Å²) in [5, 5.41) is 6.18. The van der Waals surface area contributed by atoms with Crippen molar-refractivity contribution in [2.75, 3.05) is 17.3 Å². The number of piperidine rings is 1. The summed E-state index contributed by atoms with van der Waals surface area (Å²) in [5.41, 5.74) is 2.57. The van der Waals surface area contributed by atoms with Crippen LogP contribution in [0.25, 0.3) is 0 Å². The molecule has 1 unspecified atom stereocenters. The van der Waals surface area contributed by atoms with E-state index in [4.69, 9.17) is 5.84 Å². The summed E-state index contributed by atoms with van der Waals surface area (Å²) in [4.78, 5) is 20.0. The summed E-state index contributed by atoms with van der Waals surface area (Å²) in [6.45, 7) is 0.632. The summed E-state index contributed by atoms with van der Waals surface area (Å²) >= 11 is 0. The van der Waals surface area contributed by atoms with Crippen molar-refractivity contribution >= 4 is 17.5 Å². The molecule has 19 heavy (non-hydrogen) atoms. The third-order valence-electron chi connectivity index (χ3n) is 3.45. The van der Waals surface area contributed by atoms with Gasteiger partial charge in [-0.1, -0.05) is 0 Å². The van der Waals surface area contributed by atoms with E-state index in [1.807, 2.05) is 0 Å². The topological polar surface area (TPSA) is 105 Å². The smallest absolute Gasteiger partial charge is 0.220 e. The van der Waals surface area contributed by atoms with Crippen LogP contribution >= 0.6 is 0 Å². The molecule has 5 N–H and O–H groups in total. The number of carbonyl (C=O) groups excluding carboxylic acids is 1. The van der Waals surface area contributed by atoms with Gasteiger partial charge in [0.05, 0.1) is 0 Å². The summed E-state index contributed by atoms with van der Waals surface area (Å²) < 4.78 is 0. The number of rotatable bonds is 4. The normalized spacial score (nSPS) is 22.8. The first-order chi connectivity index (χ1) is 9.24. The van der Waals surface area contributed by atoms with Crippen LogP contribution in [0.1, 0.15) is 37.4 Å². The molecule has 102 valence electrons. The van der Waals surface area contributed by atoms with E-state index < -0.39 is 0 Å². The predicted molar refractivity (Wildman–Crippen MR) is 71.5 cm³/mol. The Morgan fingerprint density at radius 3 is 2.68 bits per heavy atom. The number of hydrazine groups is 1. The Labute approximate surface area is 111 Å². The van der Waals surface area contributed by atoms with Crippen molar-refractivity contribution in [2.45, 2.75) is 37.6 Å². The molecule has 1 aliphatic carbocycles. The number of carbonyl (C=O) groups is 1. The van der Waals surface area contributed by atoms with Crippen molar-refractivity contribution < 1.29 is 4.79 Å². The maximum absolute atomic E-state index is 11.1. The second kappa shape index (κ2) is 5.00. The zero-order chi connectivity index (χ0) is 13.2. The van der Waals surface area contributed by atoms with Crippen LogP contribution in [0, 0.1) is 0 Å². The third-order valence-corrected chi connectivity index (χ3v) is 3.45.